The molecule has 0 saturated heterocycles. The number of hydrogen-bond donors (Lipinski definition) is 2. The van der Waals surface area contributed by atoms with Crippen molar-refractivity contribution in [2.24, 2.45) is 0 Å². The van der Waals surface area contributed by atoms with Crippen LogP contribution in [0.2, 0.25) is 0 Å². The monoisotopic (exact) mass is 370 g/mol. The molecule has 3 aromatic rings. The van der Waals surface area contributed by atoms with Crippen LogP contribution in [0.1, 0.15) is 19.4 Å². The van der Waals surface area contributed by atoms with Crippen molar-refractivity contribution in [2.75, 3.05) is 18.5 Å². The minimum absolute atomic E-state index is 0.102. The molecule has 0 radical (unpaired) electrons. The normalized spacial score (nSPS) is 11.0. The fraction of sp³-hybridized carbons (Fsp3) is 0.286. The van der Waals surface area contributed by atoms with Crippen molar-refractivity contribution < 1.29 is 19.0 Å². The van der Waals surface area contributed by atoms with Crippen LogP contribution >= 0.6 is 0 Å². The third kappa shape index (κ3) is 4.28. The molecule has 6 heteroatoms. The Hall–Kier alpha value is -2.86. The molecule has 0 atom stereocenters. The molecule has 0 amide bonds. The van der Waals surface area contributed by atoms with E-state index in [2.05, 4.69) is 10.3 Å². The molecule has 3 rings (SSSR count). The highest BCUT2D eigenvalue weighted by Crippen LogP contribution is 2.33. The highest BCUT2D eigenvalue weighted by Gasteiger charge is 2.13. The average molecular weight is 370 g/mol. The molecule has 2 N–H and O–H groups in total. The lowest BCUT2D eigenvalue weighted by molar-refractivity contribution is 0.198. The number of nitrogens with zero attached hydrogens (tertiary/aromatic N) is 1. The van der Waals surface area contributed by atoms with Gasteiger partial charge < -0.3 is 19.9 Å². The van der Waals surface area contributed by atoms with Crippen molar-refractivity contribution in [1.82, 2.24) is 4.98 Å². The number of aryl methyl sites for hydroxylation is 1. The smallest absolute Gasteiger partial charge is 0.223 e. The van der Waals surface area contributed by atoms with Gasteiger partial charge in [0, 0.05) is 17.1 Å². The van der Waals surface area contributed by atoms with Gasteiger partial charge in [0.15, 0.2) is 11.6 Å². The molecule has 0 fully saturated rings. The van der Waals surface area contributed by atoms with Crippen LogP contribution in [0.25, 0.3) is 10.8 Å². The molecule has 27 heavy (non-hydrogen) atoms. The molecule has 0 aliphatic rings. The van der Waals surface area contributed by atoms with Gasteiger partial charge in [0.1, 0.15) is 12.4 Å². The second-order valence-corrected chi connectivity index (χ2v) is 6.45. The minimum atomic E-state index is -0.441. The number of rotatable bonds is 7. The van der Waals surface area contributed by atoms with E-state index in [-0.39, 0.29) is 25.1 Å². The van der Waals surface area contributed by atoms with Crippen LogP contribution in [0.3, 0.4) is 0 Å². The maximum atomic E-state index is 14.3. The van der Waals surface area contributed by atoms with Crippen molar-refractivity contribution in [3.8, 4) is 11.6 Å². The summed E-state index contributed by atoms with van der Waals surface area (Å²) in [5.74, 6) is 0.765. The van der Waals surface area contributed by atoms with Gasteiger partial charge in [-0.15, -0.1) is 0 Å². The first-order chi connectivity index (χ1) is 13.0. The van der Waals surface area contributed by atoms with Gasteiger partial charge in [-0.05, 0) is 49.9 Å². The Labute approximate surface area is 157 Å². The van der Waals surface area contributed by atoms with Crippen molar-refractivity contribution in [3.63, 3.8) is 0 Å². The Morgan fingerprint density at radius 2 is 1.89 bits per heavy atom. The maximum Gasteiger partial charge on any atom is 0.223 e. The van der Waals surface area contributed by atoms with Gasteiger partial charge in [0.05, 0.1) is 12.7 Å². The van der Waals surface area contributed by atoms with E-state index in [9.17, 15) is 4.39 Å². The van der Waals surface area contributed by atoms with Crippen molar-refractivity contribution >= 4 is 22.3 Å². The van der Waals surface area contributed by atoms with Gasteiger partial charge in [0.25, 0.3) is 0 Å². The number of ether oxygens (including phenoxy) is 2. The quantitative estimate of drug-likeness (QED) is 0.637. The molecule has 0 spiro atoms. The summed E-state index contributed by atoms with van der Waals surface area (Å²) >= 11 is 0. The standard InChI is InChI=1S/C21H23FN2O3/c1-13(2)27-19-9-8-15(12-18(19)22)23-20-14(3)16-6-4-5-7-17(16)21(24-20)26-11-10-25/h4-9,12-13,25H,10-11H2,1-3H3,(H,23,24). The lowest BCUT2D eigenvalue weighted by atomic mass is 10.1. The number of nitrogens with one attached hydrogen (secondary N) is 1. The van der Waals surface area contributed by atoms with Gasteiger partial charge >= 0.3 is 0 Å². The van der Waals surface area contributed by atoms with E-state index < -0.39 is 5.82 Å². The fourth-order valence-corrected chi connectivity index (χ4v) is 2.81. The topological polar surface area (TPSA) is 63.6 Å². The Bertz CT molecular complexity index is 944. The molecule has 1 aromatic heterocycles. The predicted molar refractivity (Wildman–Crippen MR) is 105 cm³/mol. The lowest BCUT2D eigenvalue weighted by Crippen LogP contribution is -2.08. The number of aliphatic hydroxyl groups excluding tert-OH is 1. The van der Waals surface area contributed by atoms with Crippen LogP contribution in [0, 0.1) is 12.7 Å². The molecular formula is C21H23FN2O3. The number of halogens is 1. The Morgan fingerprint density at radius 1 is 1.15 bits per heavy atom. The largest absolute Gasteiger partial charge is 0.488 e. The van der Waals surface area contributed by atoms with Gasteiger partial charge in [0.2, 0.25) is 5.88 Å². The Balaban J connectivity index is 1.97. The number of pyridine rings is 1. The summed E-state index contributed by atoms with van der Waals surface area (Å²) in [6, 6.07) is 12.5. The minimum Gasteiger partial charge on any atom is -0.488 e. The molecule has 0 bridgehead atoms. The molecule has 5 nitrogen and oxygen atoms in total. The van der Waals surface area contributed by atoms with Crippen LogP contribution in [-0.2, 0) is 0 Å². The van der Waals surface area contributed by atoms with Crippen molar-refractivity contribution in [3.05, 3.63) is 53.8 Å². The molecular weight excluding hydrogens is 347 g/mol. The van der Waals surface area contributed by atoms with E-state index in [0.29, 0.717) is 17.4 Å². The first-order valence-electron chi connectivity index (χ1n) is 8.86. The summed E-state index contributed by atoms with van der Waals surface area (Å²) in [4.78, 5) is 4.54. The summed E-state index contributed by atoms with van der Waals surface area (Å²) in [5.41, 5.74) is 1.48. The highest BCUT2D eigenvalue weighted by atomic mass is 19.1. The first kappa shape index (κ1) is 18.9. The Morgan fingerprint density at radius 3 is 2.56 bits per heavy atom. The molecule has 142 valence electrons. The van der Waals surface area contributed by atoms with Gasteiger partial charge in [-0.3, -0.25) is 0 Å². The number of aromatic nitrogens is 1. The molecule has 0 aliphatic carbocycles. The van der Waals surface area contributed by atoms with E-state index in [1.54, 1.807) is 12.1 Å². The van der Waals surface area contributed by atoms with Gasteiger partial charge in [-0.25, -0.2) is 4.39 Å². The van der Waals surface area contributed by atoms with E-state index in [1.165, 1.54) is 6.07 Å². The SMILES string of the molecule is Cc1c(Nc2ccc(OC(C)C)c(F)c2)nc(OCCO)c2ccccc12. The summed E-state index contributed by atoms with van der Waals surface area (Å²) in [5, 5.41) is 14.0. The fourth-order valence-electron chi connectivity index (χ4n) is 2.81. The first-order valence-corrected chi connectivity index (χ1v) is 8.86. The predicted octanol–water partition coefficient (Wildman–Crippen LogP) is 4.58. The zero-order valence-electron chi connectivity index (χ0n) is 15.6. The Kier molecular flexibility index (Phi) is 5.76. The third-order valence-corrected chi connectivity index (χ3v) is 4.02. The maximum absolute atomic E-state index is 14.3. The lowest BCUT2D eigenvalue weighted by Gasteiger charge is -2.16. The van der Waals surface area contributed by atoms with Crippen LogP contribution in [0.5, 0.6) is 11.6 Å². The molecule has 0 saturated carbocycles. The number of benzene rings is 2. The second kappa shape index (κ2) is 8.22. The second-order valence-electron chi connectivity index (χ2n) is 6.45. The van der Waals surface area contributed by atoms with Crippen LogP contribution < -0.4 is 14.8 Å². The molecule has 0 aliphatic heterocycles. The number of anilines is 2. The van der Waals surface area contributed by atoms with E-state index in [1.807, 2.05) is 45.0 Å². The van der Waals surface area contributed by atoms with Crippen LogP contribution in [0.4, 0.5) is 15.9 Å². The molecule has 0 unspecified atom stereocenters. The summed E-state index contributed by atoms with van der Waals surface area (Å²) < 4.78 is 25.3. The van der Waals surface area contributed by atoms with Crippen LogP contribution in [0.15, 0.2) is 42.5 Å². The zero-order chi connectivity index (χ0) is 19.4. The average Bonchev–Trinajstić information content (AvgIpc) is 2.65. The van der Waals surface area contributed by atoms with Gasteiger partial charge in [-0.2, -0.15) is 4.98 Å². The summed E-state index contributed by atoms with van der Waals surface area (Å²) in [7, 11) is 0. The van der Waals surface area contributed by atoms with E-state index >= 15 is 0 Å². The summed E-state index contributed by atoms with van der Waals surface area (Å²) in [6.07, 6.45) is -0.103. The molecule has 2 aromatic carbocycles. The third-order valence-electron chi connectivity index (χ3n) is 4.02. The van der Waals surface area contributed by atoms with Gasteiger partial charge in [-0.1, -0.05) is 18.2 Å². The van der Waals surface area contributed by atoms with Crippen molar-refractivity contribution in [2.45, 2.75) is 26.9 Å². The summed E-state index contributed by atoms with van der Waals surface area (Å²) in [6.45, 7) is 5.69. The van der Waals surface area contributed by atoms with Crippen molar-refractivity contribution in [1.29, 1.82) is 0 Å². The molecule has 1 heterocycles. The highest BCUT2D eigenvalue weighted by molar-refractivity contribution is 5.93. The van der Waals surface area contributed by atoms with Crippen LogP contribution in [-0.4, -0.2) is 29.4 Å². The zero-order valence-corrected chi connectivity index (χ0v) is 15.6. The van der Waals surface area contributed by atoms with E-state index in [0.717, 1.165) is 16.3 Å². The number of aliphatic hydroxyl groups is 1. The van der Waals surface area contributed by atoms with E-state index in [4.69, 9.17) is 14.6 Å². The number of fused-ring (bicyclic) bond motifs is 1. The number of hydrogen-bond acceptors (Lipinski definition) is 5.